The first kappa shape index (κ1) is 45.5. The van der Waals surface area contributed by atoms with Crippen molar-refractivity contribution in [2.24, 2.45) is 72.1 Å². The minimum Gasteiger partial charge on any atom is -0.481 e. The molecule has 0 radical (unpaired) electrons. The summed E-state index contributed by atoms with van der Waals surface area (Å²) in [7, 11) is 0. The Hall–Kier alpha value is -2.98. The number of pyridine rings is 1. The van der Waals surface area contributed by atoms with Crippen LogP contribution in [0.2, 0.25) is 5.02 Å². The van der Waals surface area contributed by atoms with Gasteiger partial charge < -0.3 is 15.6 Å². The molecule has 1 aromatic heterocycles. The van der Waals surface area contributed by atoms with Crippen LogP contribution < -0.4 is 5.73 Å². The number of ether oxygens (including phenoxy) is 1. The van der Waals surface area contributed by atoms with E-state index in [0.717, 1.165) is 68.2 Å². The summed E-state index contributed by atoms with van der Waals surface area (Å²) in [4.78, 5) is 59.1. The Morgan fingerprint density at radius 2 is 1.69 bits per heavy atom. The number of allylic oxidation sites excluding steroid dienone is 2. The third kappa shape index (κ3) is 7.56. The smallest absolute Gasteiger partial charge is 0.309 e. The summed E-state index contributed by atoms with van der Waals surface area (Å²) >= 11 is 6.15. The molecule has 0 amide bonds. The van der Waals surface area contributed by atoms with E-state index in [1.807, 2.05) is 13.0 Å². The van der Waals surface area contributed by atoms with Crippen LogP contribution in [0.15, 0.2) is 39.7 Å². The molecule has 4 saturated carbocycles. The number of carbonyl (C=O) groups is 4. The van der Waals surface area contributed by atoms with Gasteiger partial charge in [-0.15, -0.1) is 0 Å². The fourth-order valence-electron chi connectivity index (χ4n) is 13.7. The predicted octanol–water partition coefficient (Wildman–Crippen LogP) is 10.7. The Morgan fingerprint density at radius 1 is 0.983 bits per heavy atom. The van der Waals surface area contributed by atoms with Gasteiger partial charge in [-0.3, -0.25) is 24.2 Å². The maximum Gasteiger partial charge on any atom is 0.309 e. The highest BCUT2D eigenvalue weighted by molar-refractivity contribution is 6.30. The number of nitrogens with two attached hydrogens (primary N) is 1. The maximum absolute atomic E-state index is 15.3. The van der Waals surface area contributed by atoms with Crippen LogP contribution in [0.1, 0.15) is 164 Å². The molecule has 11 heteroatoms. The van der Waals surface area contributed by atoms with E-state index >= 15 is 4.79 Å². The first-order chi connectivity index (χ1) is 27.5. The highest BCUT2D eigenvalue weighted by Gasteiger charge is 2.71. The Balaban J connectivity index is 1.30. The number of Topliss-reactive ketones (excluding diaryl/α,β-unsaturated/α-hetero) is 2. The summed E-state index contributed by atoms with van der Waals surface area (Å²) in [5.74, 6) is -0.429. The molecule has 0 saturated heterocycles. The van der Waals surface area contributed by atoms with Gasteiger partial charge in [0.05, 0.1) is 28.0 Å². The third-order valence-electron chi connectivity index (χ3n) is 17.1. The number of carbonyl (C=O) groups excluding carboxylic acids is 3. The van der Waals surface area contributed by atoms with Crippen LogP contribution in [0, 0.1) is 56.2 Å². The van der Waals surface area contributed by atoms with Gasteiger partial charge in [0.15, 0.2) is 11.6 Å². The van der Waals surface area contributed by atoms with Gasteiger partial charge in [0.25, 0.3) is 0 Å². The Labute approximate surface area is 357 Å². The number of carboxylic acid groups (broad SMARTS) is 1. The van der Waals surface area contributed by atoms with E-state index in [2.05, 4.69) is 53.5 Å². The van der Waals surface area contributed by atoms with Crippen molar-refractivity contribution in [3.8, 4) is 0 Å². The molecular formula is C48H71ClN4O6. The van der Waals surface area contributed by atoms with Crippen LogP contribution in [-0.2, 0) is 23.9 Å². The number of aliphatic carboxylic acids is 1. The summed E-state index contributed by atoms with van der Waals surface area (Å²) in [5.41, 5.74) is 6.12. The lowest BCUT2D eigenvalue weighted by molar-refractivity contribution is -0.233. The molecule has 3 N–H and O–H groups in total. The predicted molar refractivity (Wildman–Crippen MR) is 230 cm³/mol. The zero-order valence-corrected chi connectivity index (χ0v) is 38.2. The molecule has 0 aliphatic heterocycles. The summed E-state index contributed by atoms with van der Waals surface area (Å²) < 4.78 is 6.18. The number of nitrogens with zero attached hydrogens (tertiary/aromatic N) is 3. The summed E-state index contributed by atoms with van der Waals surface area (Å²) in [5, 5.41) is 19.8. The second-order valence-corrected chi connectivity index (χ2v) is 21.8. The number of azo groups is 1. The maximum atomic E-state index is 15.3. The lowest BCUT2D eigenvalue weighted by Gasteiger charge is -2.72. The topological polar surface area (TPSA) is 161 Å². The molecule has 10 atom stereocenters. The van der Waals surface area contributed by atoms with E-state index in [1.165, 1.54) is 0 Å². The van der Waals surface area contributed by atoms with E-state index in [-0.39, 0.29) is 70.0 Å². The Morgan fingerprint density at radius 3 is 2.31 bits per heavy atom. The number of esters is 1. The number of fused-ring (bicyclic) bond motifs is 7. The largest absolute Gasteiger partial charge is 0.481 e. The molecule has 326 valence electrons. The Kier molecular flexibility index (Phi) is 12.6. The van der Waals surface area contributed by atoms with Crippen LogP contribution in [0.5, 0.6) is 0 Å². The molecule has 10 nitrogen and oxygen atoms in total. The first-order valence-corrected chi connectivity index (χ1v) is 22.9. The average molecular weight is 836 g/mol. The number of carboxylic acids is 1. The van der Waals surface area contributed by atoms with Gasteiger partial charge in [0.1, 0.15) is 18.2 Å². The van der Waals surface area contributed by atoms with Crippen molar-refractivity contribution >= 4 is 35.1 Å². The lowest BCUT2D eigenvalue weighted by Crippen LogP contribution is -2.66. The van der Waals surface area contributed by atoms with Crippen molar-refractivity contribution in [1.82, 2.24) is 4.98 Å². The van der Waals surface area contributed by atoms with Crippen LogP contribution in [0.4, 0.5) is 0 Å². The molecule has 1 aromatic rings. The minimum absolute atomic E-state index is 0.00586. The molecule has 0 bridgehead atoms. The quantitative estimate of drug-likeness (QED) is 0.138. The molecule has 4 fully saturated rings. The first-order valence-electron chi connectivity index (χ1n) is 22.5. The van der Waals surface area contributed by atoms with Crippen LogP contribution in [0.3, 0.4) is 0 Å². The Bertz CT molecular complexity index is 1870. The number of ketones is 2. The highest BCUT2D eigenvalue weighted by atomic mass is 35.5. The normalized spacial score (nSPS) is 35.1. The third-order valence-corrected chi connectivity index (χ3v) is 17.3. The second-order valence-electron chi connectivity index (χ2n) is 21.4. The minimum atomic E-state index is -1.19. The molecule has 1 heterocycles. The number of hydrogen-bond acceptors (Lipinski definition) is 9. The van der Waals surface area contributed by atoms with Gasteiger partial charge in [-0.05, 0) is 154 Å². The zero-order valence-electron chi connectivity index (χ0n) is 37.5. The van der Waals surface area contributed by atoms with Crippen molar-refractivity contribution in [2.75, 3.05) is 6.54 Å². The zero-order chi connectivity index (χ0) is 43.5. The highest BCUT2D eigenvalue weighted by Crippen LogP contribution is 2.77. The van der Waals surface area contributed by atoms with E-state index < -0.39 is 28.8 Å². The fourth-order valence-corrected chi connectivity index (χ4v) is 13.8. The van der Waals surface area contributed by atoms with Crippen LogP contribution in [-0.4, -0.2) is 52.3 Å². The number of hydrogen-bond donors (Lipinski definition) is 2. The average Bonchev–Trinajstić information content (AvgIpc) is 3.47. The van der Waals surface area contributed by atoms with Gasteiger partial charge in [-0.25, -0.2) is 0 Å². The molecule has 0 spiro atoms. The standard InChI is InChI=1S/C48H71ClN4O6/c1-11-31(52-53-33(13-12-24-50)32-16-14-29(49)27-51-32)41(56)48-23-22-46(9)30(40(48)39(28(2)3)34(54)25-48)15-17-36-45(8)20-19-37(59-38(55)26-43(4,5)42(57)58)44(6,7)35(45)18-21-47(36,46)10/h14,16,27-28,30-31,33,35-37H,11-13,15,17-26,50H2,1-10H3,(H,57,58). The molecule has 0 aromatic carbocycles. The monoisotopic (exact) mass is 835 g/mol. The van der Waals surface area contributed by atoms with Gasteiger partial charge in [-0.2, -0.15) is 10.2 Å². The second kappa shape index (κ2) is 16.4. The summed E-state index contributed by atoms with van der Waals surface area (Å²) in [6.45, 7) is 21.9. The van der Waals surface area contributed by atoms with Gasteiger partial charge in [-0.1, -0.05) is 67.0 Å². The SMILES string of the molecule is CCC(N=NC(CCCN)c1ccc(Cl)cn1)C(=O)C12CCC3(C)C(CCC4C5(C)CCC(OC(=O)CC(C)(C)C(=O)O)C(C)(C)C5CCC43C)C1=C(C(C)C)C(=O)C2. The number of halogens is 1. The van der Waals surface area contributed by atoms with Crippen LogP contribution >= 0.6 is 11.6 Å². The van der Waals surface area contributed by atoms with E-state index in [9.17, 15) is 19.5 Å². The van der Waals surface area contributed by atoms with E-state index in [4.69, 9.17) is 32.3 Å². The summed E-state index contributed by atoms with van der Waals surface area (Å²) in [6.07, 6.45) is 10.4. The van der Waals surface area contributed by atoms with Crippen molar-refractivity contribution in [1.29, 1.82) is 0 Å². The number of rotatable bonds is 14. The van der Waals surface area contributed by atoms with Crippen molar-refractivity contribution in [2.45, 2.75) is 171 Å². The van der Waals surface area contributed by atoms with E-state index in [0.29, 0.717) is 42.7 Å². The molecule has 5 aliphatic carbocycles. The van der Waals surface area contributed by atoms with Gasteiger partial charge >= 0.3 is 11.9 Å². The molecule has 10 unspecified atom stereocenters. The fraction of sp³-hybridized carbons (Fsp3) is 0.771. The molecule has 59 heavy (non-hydrogen) atoms. The van der Waals surface area contributed by atoms with Crippen molar-refractivity contribution in [3.05, 3.63) is 40.2 Å². The van der Waals surface area contributed by atoms with Gasteiger partial charge in [0, 0.05) is 18.0 Å². The van der Waals surface area contributed by atoms with Gasteiger partial charge in [0.2, 0.25) is 0 Å². The lowest BCUT2D eigenvalue weighted by atomic mass is 9.33. The van der Waals surface area contributed by atoms with E-state index in [1.54, 1.807) is 26.1 Å². The number of aromatic nitrogens is 1. The van der Waals surface area contributed by atoms with Crippen molar-refractivity contribution in [3.63, 3.8) is 0 Å². The summed E-state index contributed by atoms with van der Waals surface area (Å²) in [6, 6.07) is 2.63. The van der Waals surface area contributed by atoms with Crippen molar-refractivity contribution < 1.29 is 29.0 Å². The van der Waals surface area contributed by atoms with Crippen LogP contribution in [0.25, 0.3) is 0 Å². The molecule has 6 rings (SSSR count). The molecule has 5 aliphatic rings. The molecular weight excluding hydrogens is 764 g/mol.